The quantitative estimate of drug-likeness (QED) is 0.705. The van der Waals surface area contributed by atoms with Crippen LogP contribution in [0.15, 0.2) is 31.1 Å². The zero-order chi connectivity index (χ0) is 9.68. The Morgan fingerprint density at radius 2 is 2.46 bits per heavy atom. The molecule has 0 saturated carbocycles. The SMILES string of the molecule is C=CCNC(=O)c1cncc(C)c1. The van der Waals surface area contributed by atoms with Gasteiger partial charge in [0.15, 0.2) is 0 Å². The maximum Gasteiger partial charge on any atom is 0.253 e. The highest BCUT2D eigenvalue weighted by Crippen LogP contribution is 2.00. The fourth-order valence-corrected chi connectivity index (χ4v) is 0.946. The Morgan fingerprint density at radius 1 is 1.69 bits per heavy atom. The van der Waals surface area contributed by atoms with Crippen LogP contribution in [0.25, 0.3) is 0 Å². The van der Waals surface area contributed by atoms with E-state index in [-0.39, 0.29) is 5.91 Å². The van der Waals surface area contributed by atoms with Gasteiger partial charge >= 0.3 is 0 Å². The molecule has 0 fully saturated rings. The minimum atomic E-state index is -0.115. The van der Waals surface area contributed by atoms with Crippen LogP contribution in [0.2, 0.25) is 0 Å². The lowest BCUT2D eigenvalue weighted by Gasteiger charge is -2.01. The summed E-state index contributed by atoms with van der Waals surface area (Å²) in [5.41, 5.74) is 1.56. The normalized spacial score (nSPS) is 9.31. The highest BCUT2D eigenvalue weighted by molar-refractivity contribution is 5.94. The summed E-state index contributed by atoms with van der Waals surface area (Å²) < 4.78 is 0. The molecule has 0 aliphatic rings. The van der Waals surface area contributed by atoms with Gasteiger partial charge in [-0.1, -0.05) is 6.08 Å². The number of carbonyl (C=O) groups excluding carboxylic acids is 1. The monoisotopic (exact) mass is 176 g/mol. The van der Waals surface area contributed by atoms with Gasteiger partial charge in [-0.3, -0.25) is 9.78 Å². The van der Waals surface area contributed by atoms with Crippen LogP contribution in [0.4, 0.5) is 0 Å². The van der Waals surface area contributed by atoms with Crippen molar-refractivity contribution >= 4 is 5.91 Å². The number of hydrogen-bond acceptors (Lipinski definition) is 2. The molecule has 0 bridgehead atoms. The number of aryl methyl sites for hydroxylation is 1. The number of nitrogens with zero attached hydrogens (tertiary/aromatic N) is 1. The lowest BCUT2D eigenvalue weighted by atomic mass is 10.2. The number of aromatic nitrogens is 1. The molecule has 1 aromatic rings. The van der Waals surface area contributed by atoms with Crippen LogP contribution >= 0.6 is 0 Å². The molecule has 3 nitrogen and oxygen atoms in total. The van der Waals surface area contributed by atoms with E-state index in [2.05, 4.69) is 16.9 Å². The van der Waals surface area contributed by atoms with Crippen molar-refractivity contribution < 1.29 is 4.79 Å². The van der Waals surface area contributed by atoms with Crippen molar-refractivity contribution in [2.75, 3.05) is 6.54 Å². The Morgan fingerprint density at radius 3 is 3.08 bits per heavy atom. The first-order valence-corrected chi connectivity index (χ1v) is 4.05. The van der Waals surface area contributed by atoms with Gasteiger partial charge in [0.25, 0.3) is 5.91 Å². The molecule has 0 atom stereocenters. The van der Waals surface area contributed by atoms with Gasteiger partial charge in [0.1, 0.15) is 0 Å². The summed E-state index contributed by atoms with van der Waals surface area (Å²) in [5, 5.41) is 2.68. The Balaban J connectivity index is 2.71. The number of carbonyl (C=O) groups is 1. The lowest BCUT2D eigenvalue weighted by molar-refractivity contribution is 0.0957. The van der Waals surface area contributed by atoms with Gasteiger partial charge in [-0.2, -0.15) is 0 Å². The van der Waals surface area contributed by atoms with Gasteiger partial charge < -0.3 is 5.32 Å². The van der Waals surface area contributed by atoms with E-state index < -0.39 is 0 Å². The fraction of sp³-hybridized carbons (Fsp3) is 0.200. The van der Waals surface area contributed by atoms with Crippen LogP contribution in [0.3, 0.4) is 0 Å². The molecule has 3 heteroatoms. The van der Waals surface area contributed by atoms with Crippen LogP contribution < -0.4 is 5.32 Å². The molecule has 13 heavy (non-hydrogen) atoms. The van der Waals surface area contributed by atoms with Gasteiger partial charge in [-0.25, -0.2) is 0 Å². The van der Waals surface area contributed by atoms with E-state index in [9.17, 15) is 4.79 Å². The molecular formula is C10H12N2O. The molecular weight excluding hydrogens is 164 g/mol. The van der Waals surface area contributed by atoms with E-state index in [1.165, 1.54) is 0 Å². The number of amides is 1. The number of rotatable bonds is 3. The molecule has 0 aliphatic carbocycles. The summed E-state index contributed by atoms with van der Waals surface area (Å²) in [7, 11) is 0. The van der Waals surface area contributed by atoms with Gasteiger partial charge in [-0.15, -0.1) is 6.58 Å². The summed E-state index contributed by atoms with van der Waals surface area (Å²) in [4.78, 5) is 15.3. The van der Waals surface area contributed by atoms with E-state index in [0.717, 1.165) is 5.56 Å². The third kappa shape index (κ3) is 2.71. The Kier molecular flexibility index (Phi) is 3.20. The third-order valence-electron chi connectivity index (χ3n) is 1.54. The molecule has 1 rings (SSSR count). The number of pyridine rings is 1. The van der Waals surface area contributed by atoms with E-state index in [0.29, 0.717) is 12.1 Å². The molecule has 0 radical (unpaired) electrons. The Bertz CT molecular complexity index is 320. The van der Waals surface area contributed by atoms with E-state index in [4.69, 9.17) is 0 Å². The van der Waals surface area contributed by atoms with E-state index in [1.54, 1.807) is 24.5 Å². The first-order chi connectivity index (χ1) is 6.24. The molecule has 68 valence electrons. The van der Waals surface area contributed by atoms with Crippen LogP contribution in [0.5, 0.6) is 0 Å². The highest BCUT2D eigenvalue weighted by atomic mass is 16.1. The fourth-order valence-electron chi connectivity index (χ4n) is 0.946. The second-order valence-corrected chi connectivity index (χ2v) is 2.75. The molecule has 1 N–H and O–H groups in total. The van der Waals surface area contributed by atoms with Gasteiger partial charge in [0, 0.05) is 18.9 Å². The minimum Gasteiger partial charge on any atom is -0.349 e. The standard InChI is InChI=1S/C10H12N2O/c1-3-4-12-10(13)9-5-8(2)6-11-7-9/h3,5-7H,1,4H2,2H3,(H,12,13). The average Bonchev–Trinajstić information content (AvgIpc) is 2.14. The molecule has 0 aromatic carbocycles. The van der Waals surface area contributed by atoms with Gasteiger partial charge in [0.2, 0.25) is 0 Å². The maximum atomic E-state index is 11.4. The molecule has 1 heterocycles. The Labute approximate surface area is 77.5 Å². The van der Waals surface area contributed by atoms with E-state index in [1.807, 2.05) is 6.92 Å². The largest absolute Gasteiger partial charge is 0.349 e. The van der Waals surface area contributed by atoms with E-state index >= 15 is 0 Å². The van der Waals surface area contributed by atoms with Crippen LogP contribution in [0, 0.1) is 6.92 Å². The zero-order valence-electron chi connectivity index (χ0n) is 7.58. The topological polar surface area (TPSA) is 42.0 Å². The second-order valence-electron chi connectivity index (χ2n) is 2.75. The Hall–Kier alpha value is -1.64. The predicted octanol–water partition coefficient (Wildman–Crippen LogP) is 1.31. The molecule has 0 spiro atoms. The average molecular weight is 176 g/mol. The van der Waals surface area contributed by atoms with Crippen molar-refractivity contribution in [1.29, 1.82) is 0 Å². The summed E-state index contributed by atoms with van der Waals surface area (Å²) in [5.74, 6) is -0.115. The maximum absolute atomic E-state index is 11.4. The van der Waals surface area contributed by atoms with Crippen molar-refractivity contribution in [2.24, 2.45) is 0 Å². The second kappa shape index (κ2) is 4.40. The van der Waals surface area contributed by atoms with Crippen molar-refractivity contribution in [3.63, 3.8) is 0 Å². The van der Waals surface area contributed by atoms with Crippen LogP contribution in [0.1, 0.15) is 15.9 Å². The highest BCUT2D eigenvalue weighted by Gasteiger charge is 2.03. The molecule has 1 amide bonds. The minimum absolute atomic E-state index is 0.115. The van der Waals surface area contributed by atoms with Crippen molar-refractivity contribution in [3.05, 3.63) is 42.2 Å². The van der Waals surface area contributed by atoms with Crippen molar-refractivity contribution in [3.8, 4) is 0 Å². The molecule has 0 unspecified atom stereocenters. The van der Waals surface area contributed by atoms with Gasteiger partial charge in [-0.05, 0) is 18.6 Å². The summed E-state index contributed by atoms with van der Waals surface area (Å²) in [6.45, 7) is 5.89. The van der Waals surface area contributed by atoms with Crippen molar-refractivity contribution in [1.82, 2.24) is 10.3 Å². The summed E-state index contributed by atoms with van der Waals surface area (Å²) >= 11 is 0. The lowest BCUT2D eigenvalue weighted by Crippen LogP contribution is -2.23. The molecule has 0 saturated heterocycles. The number of hydrogen-bond donors (Lipinski definition) is 1. The van der Waals surface area contributed by atoms with Gasteiger partial charge in [0.05, 0.1) is 5.56 Å². The predicted molar refractivity (Wildman–Crippen MR) is 51.5 cm³/mol. The third-order valence-corrected chi connectivity index (χ3v) is 1.54. The molecule has 0 aliphatic heterocycles. The molecule has 1 aromatic heterocycles. The zero-order valence-corrected chi connectivity index (χ0v) is 7.58. The van der Waals surface area contributed by atoms with Crippen molar-refractivity contribution in [2.45, 2.75) is 6.92 Å². The first kappa shape index (κ1) is 9.45. The number of nitrogens with one attached hydrogen (secondary N) is 1. The smallest absolute Gasteiger partial charge is 0.253 e. The first-order valence-electron chi connectivity index (χ1n) is 4.05. The summed E-state index contributed by atoms with van der Waals surface area (Å²) in [6.07, 6.45) is 4.90. The van der Waals surface area contributed by atoms with Crippen LogP contribution in [-0.4, -0.2) is 17.4 Å². The summed E-state index contributed by atoms with van der Waals surface area (Å²) in [6, 6.07) is 1.80. The van der Waals surface area contributed by atoms with Crippen LogP contribution in [-0.2, 0) is 0 Å².